The Hall–Kier alpha value is -1.95. The van der Waals surface area contributed by atoms with Gasteiger partial charge in [0, 0.05) is 7.05 Å². The molecule has 2 N–H and O–H groups in total. The quantitative estimate of drug-likeness (QED) is 0.864. The summed E-state index contributed by atoms with van der Waals surface area (Å²) >= 11 is 0.728. The van der Waals surface area contributed by atoms with Crippen LogP contribution in [0.3, 0.4) is 0 Å². The van der Waals surface area contributed by atoms with Crippen molar-refractivity contribution >= 4 is 28.0 Å². The summed E-state index contributed by atoms with van der Waals surface area (Å²) in [5.74, 6) is -0.841. The van der Waals surface area contributed by atoms with E-state index >= 15 is 0 Å². The molecule has 0 spiro atoms. The van der Waals surface area contributed by atoms with Crippen LogP contribution in [0.4, 0.5) is 23.9 Å². The molecule has 1 rings (SSSR count). The average molecular weight is 307 g/mol. The molecular formula is C11H12F3N3O2S. The third kappa shape index (κ3) is 3.54. The number of anilines is 2. The average Bonchev–Trinajstić information content (AvgIpc) is 2.64. The van der Waals surface area contributed by atoms with Crippen LogP contribution >= 0.6 is 11.3 Å². The van der Waals surface area contributed by atoms with Gasteiger partial charge in [0.2, 0.25) is 0 Å². The minimum atomic E-state index is -4.44. The van der Waals surface area contributed by atoms with Crippen LogP contribution in [0.15, 0.2) is 0 Å². The third-order valence-corrected chi connectivity index (χ3v) is 3.50. The van der Waals surface area contributed by atoms with E-state index in [9.17, 15) is 18.0 Å². The number of carbonyl (C=O) groups is 1. The van der Waals surface area contributed by atoms with E-state index in [1.807, 2.05) is 0 Å². The van der Waals surface area contributed by atoms with Crippen LogP contribution in [-0.4, -0.2) is 32.3 Å². The van der Waals surface area contributed by atoms with Crippen LogP contribution in [0.5, 0.6) is 0 Å². The number of ether oxygens (including phenoxy) is 1. The molecule has 20 heavy (non-hydrogen) atoms. The second-order valence-corrected chi connectivity index (χ2v) is 4.83. The molecule has 0 aliphatic carbocycles. The second-order valence-electron chi connectivity index (χ2n) is 3.83. The number of alkyl halides is 3. The summed E-state index contributed by atoms with van der Waals surface area (Å²) in [6, 6.07) is 1.75. The first-order chi connectivity index (χ1) is 9.21. The normalized spacial score (nSPS) is 11.0. The molecule has 5 nitrogen and oxygen atoms in total. The lowest BCUT2D eigenvalue weighted by atomic mass is 10.2. The van der Waals surface area contributed by atoms with Gasteiger partial charge in [0.1, 0.15) is 28.1 Å². The molecule has 1 heterocycles. The fraction of sp³-hybridized carbons (Fsp3) is 0.455. The number of esters is 1. The van der Waals surface area contributed by atoms with E-state index in [2.05, 4.69) is 0 Å². The number of nitrogens with two attached hydrogens (primary N) is 1. The Morgan fingerprint density at radius 1 is 1.55 bits per heavy atom. The molecule has 9 heteroatoms. The van der Waals surface area contributed by atoms with Crippen LogP contribution < -0.4 is 10.6 Å². The Kier molecular flexibility index (Phi) is 4.83. The van der Waals surface area contributed by atoms with Crippen LogP contribution in [0, 0.1) is 11.3 Å². The van der Waals surface area contributed by atoms with Crippen molar-refractivity contribution < 1.29 is 22.7 Å². The van der Waals surface area contributed by atoms with E-state index in [1.165, 1.54) is 7.05 Å². The van der Waals surface area contributed by atoms with Gasteiger partial charge in [-0.3, -0.25) is 0 Å². The number of hydrogen-bond donors (Lipinski definition) is 1. The lowest BCUT2D eigenvalue weighted by Gasteiger charge is -2.20. The maximum absolute atomic E-state index is 12.4. The minimum Gasteiger partial charge on any atom is -0.462 e. The van der Waals surface area contributed by atoms with Gasteiger partial charge >= 0.3 is 12.1 Å². The molecule has 1 aromatic heterocycles. The minimum absolute atomic E-state index is 0.0166. The Labute approximate surface area is 117 Å². The van der Waals surface area contributed by atoms with Gasteiger partial charge < -0.3 is 15.4 Å². The fourth-order valence-electron chi connectivity index (χ4n) is 1.52. The number of thiophene rings is 1. The number of halogens is 3. The summed E-state index contributed by atoms with van der Waals surface area (Å²) in [6.45, 7) is 0.355. The van der Waals surface area contributed by atoms with Gasteiger partial charge in [0.25, 0.3) is 0 Å². The summed E-state index contributed by atoms with van der Waals surface area (Å²) in [4.78, 5) is 12.6. The topological polar surface area (TPSA) is 79.3 Å². The predicted octanol–water partition coefficient (Wildman–Crippen LogP) is 2.38. The molecule has 0 fully saturated rings. The van der Waals surface area contributed by atoms with Crippen LogP contribution in [0.25, 0.3) is 0 Å². The lowest BCUT2D eigenvalue weighted by Crippen LogP contribution is -2.31. The van der Waals surface area contributed by atoms with Crippen molar-refractivity contribution in [2.45, 2.75) is 13.1 Å². The van der Waals surface area contributed by atoms with E-state index < -0.39 is 18.7 Å². The summed E-state index contributed by atoms with van der Waals surface area (Å²) in [7, 11) is 1.17. The molecule has 0 aromatic carbocycles. The van der Waals surface area contributed by atoms with Crippen LogP contribution in [-0.2, 0) is 4.74 Å². The van der Waals surface area contributed by atoms with E-state index in [1.54, 1.807) is 13.0 Å². The van der Waals surface area contributed by atoms with E-state index in [-0.39, 0.29) is 27.7 Å². The molecule has 0 unspecified atom stereocenters. The maximum atomic E-state index is 12.4. The van der Waals surface area contributed by atoms with Crippen molar-refractivity contribution in [1.29, 1.82) is 5.26 Å². The standard InChI is InChI=1S/C11H12F3N3O2S/c1-3-19-10(18)7-8(16)6(4-15)20-9(7)17(2)5-11(12,13)14/h3,5,16H2,1-2H3. The van der Waals surface area contributed by atoms with Crippen LogP contribution in [0.1, 0.15) is 22.2 Å². The highest BCUT2D eigenvalue weighted by Crippen LogP contribution is 2.38. The number of nitrogens with zero attached hydrogens (tertiary/aromatic N) is 2. The van der Waals surface area contributed by atoms with Gasteiger partial charge in [-0.05, 0) is 6.92 Å². The monoisotopic (exact) mass is 307 g/mol. The Morgan fingerprint density at radius 2 is 2.15 bits per heavy atom. The highest BCUT2D eigenvalue weighted by molar-refractivity contribution is 7.17. The van der Waals surface area contributed by atoms with E-state index in [0.717, 1.165) is 16.2 Å². The predicted molar refractivity (Wildman–Crippen MR) is 68.7 cm³/mol. The molecule has 0 atom stereocenters. The smallest absolute Gasteiger partial charge is 0.405 e. The molecule has 0 saturated heterocycles. The molecular weight excluding hydrogens is 295 g/mol. The van der Waals surface area contributed by atoms with Gasteiger partial charge in [0.05, 0.1) is 12.3 Å². The molecule has 0 radical (unpaired) electrons. The van der Waals surface area contributed by atoms with Gasteiger partial charge in [-0.15, -0.1) is 11.3 Å². The molecule has 0 amide bonds. The van der Waals surface area contributed by atoms with Gasteiger partial charge in [-0.1, -0.05) is 0 Å². The molecule has 110 valence electrons. The highest BCUT2D eigenvalue weighted by atomic mass is 32.1. The summed E-state index contributed by atoms with van der Waals surface area (Å²) < 4.78 is 42.0. The first-order valence-corrected chi connectivity index (χ1v) is 6.30. The van der Waals surface area contributed by atoms with Crippen molar-refractivity contribution in [3.8, 4) is 6.07 Å². The van der Waals surface area contributed by atoms with Crippen molar-refractivity contribution in [1.82, 2.24) is 0 Å². The molecule has 0 bridgehead atoms. The maximum Gasteiger partial charge on any atom is 0.405 e. The van der Waals surface area contributed by atoms with Crippen molar-refractivity contribution in [3.63, 3.8) is 0 Å². The number of hydrogen-bond acceptors (Lipinski definition) is 6. The largest absolute Gasteiger partial charge is 0.462 e. The van der Waals surface area contributed by atoms with Crippen LogP contribution in [0.2, 0.25) is 0 Å². The fourth-order valence-corrected chi connectivity index (χ4v) is 2.49. The molecule has 0 aliphatic rings. The first kappa shape index (κ1) is 16.1. The summed E-state index contributed by atoms with van der Waals surface area (Å²) in [5.41, 5.74) is 5.28. The van der Waals surface area contributed by atoms with Crippen molar-refractivity contribution in [3.05, 3.63) is 10.4 Å². The first-order valence-electron chi connectivity index (χ1n) is 5.48. The molecule has 0 aliphatic heterocycles. The SMILES string of the molecule is CCOC(=O)c1c(N(C)CC(F)(F)F)sc(C#N)c1N. The summed E-state index contributed by atoms with van der Waals surface area (Å²) in [5, 5.41) is 8.84. The number of rotatable bonds is 4. The Balaban J connectivity index is 3.25. The van der Waals surface area contributed by atoms with Gasteiger partial charge in [-0.25, -0.2) is 4.79 Å². The van der Waals surface area contributed by atoms with Crippen molar-refractivity contribution in [2.75, 3.05) is 30.8 Å². The van der Waals surface area contributed by atoms with E-state index in [4.69, 9.17) is 15.7 Å². The zero-order chi connectivity index (χ0) is 15.5. The zero-order valence-corrected chi connectivity index (χ0v) is 11.6. The lowest BCUT2D eigenvalue weighted by molar-refractivity contribution is -0.119. The van der Waals surface area contributed by atoms with Gasteiger partial charge in [-0.2, -0.15) is 18.4 Å². The zero-order valence-electron chi connectivity index (χ0n) is 10.7. The molecule has 1 aromatic rings. The number of nitriles is 1. The second kappa shape index (κ2) is 6.00. The highest BCUT2D eigenvalue weighted by Gasteiger charge is 2.33. The third-order valence-electron chi connectivity index (χ3n) is 2.27. The summed E-state index contributed by atoms with van der Waals surface area (Å²) in [6.07, 6.45) is -4.44. The number of carbonyl (C=O) groups excluding carboxylic acids is 1. The Bertz CT molecular complexity index is 548. The molecule has 0 saturated carbocycles. The Morgan fingerprint density at radius 3 is 2.60 bits per heavy atom. The van der Waals surface area contributed by atoms with E-state index in [0.29, 0.717) is 0 Å². The van der Waals surface area contributed by atoms with Gasteiger partial charge in [0.15, 0.2) is 0 Å². The van der Waals surface area contributed by atoms with Crippen molar-refractivity contribution in [2.24, 2.45) is 0 Å². The number of nitrogen functional groups attached to an aromatic ring is 1.